The van der Waals surface area contributed by atoms with Crippen molar-refractivity contribution in [2.24, 2.45) is 0 Å². The highest BCUT2D eigenvalue weighted by atomic mass is 32.2. The molecule has 0 aromatic heterocycles. The van der Waals surface area contributed by atoms with Crippen LogP contribution in [0.1, 0.15) is 42.0 Å². The van der Waals surface area contributed by atoms with E-state index in [9.17, 15) is 18.0 Å². The van der Waals surface area contributed by atoms with Crippen LogP contribution >= 0.6 is 0 Å². The lowest BCUT2D eigenvalue weighted by atomic mass is 10.0. The number of hydrogen-bond donors (Lipinski definition) is 2. The van der Waals surface area contributed by atoms with Crippen LogP contribution in [0.5, 0.6) is 0 Å². The average Bonchev–Trinajstić information content (AvgIpc) is 3.52. The Bertz CT molecular complexity index is 1620. The third-order valence-corrected chi connectivity index (χ3v) is 9.00. The van der Waals surface area contributed by atoms with Crippen LogP contribution < -0.4 is 10.0 Å². The molecule has 1 aliphatic rings. The molecule has 0 saturated carbocycles. The first-order valence-corrected chi connectivity index (χ1v) is 15.5. The number of sulfonamides is 1. The number of benzene rings is 4. The Labute approximate surface area is 241 Å². The molecule has 1 saturated heterocycles. The summed E-state index contributed by atoms with van der Waals surface area (Å²) < 4.78 is 29.8. The van der Waals surface area contributed by atoms with Gasteiger partial charge in [0, 0.05) is 25.9 Å². The molecule has 7 nitrogen and oxygen atoms in total. The zero-order valence-corrected chi connectivity index (χ0v) is 23.9. The molecule has 2 atom stereocenters. The Morgan fingerprint density at radius 3 is 2.20 bits per heavy atom. The monoisotopic (exact) mass is 569 g/mol. The predicted molar refractivity (Wildman–Crippen MR) is 161 cm³/mol. The van der Waals surface area contributed by atoms with Crippen molar-refractivity contribution in [2.45, 2.75) is 49.6 Å². The molecule has 8 heteroatoms. The second-order valence-electron chi connectivity index (χ2n) is 10.6. The van der Waals surface area contributed by atoms with Gasteiger partial charge >= 0.3 is 0 Å². The summed E-state index contributed by atoms with van der Waals surface area (Å²) in [6.45, 7) is 3.36. The maximum absolute atomic E-state index is 13.5. The van der Waals surface area contributed by atoms with Gasteiger partial charge in [-0.2, -0.15) is 0 Å². The van der Waals surface area contributed by atoms with Gasteiger partial charge in [-0.05, 0) is 53.8 Å². The summed E-state index contributed by atoms with van der Waals surface area (Å²) in [6, 6.07) is 27.9. The number of fused-ring (bicyclic) bond motifs is 1. The number of amides is 2. The number of hydrogen-bond acceptors (Lipinski definition) is 4. The number of carbonyl (C=O) groups excluding carboxylic acids is 2. The number of rotatable bonds is 10. The summed E-state index contributed by atoms with van der Waals surface area (Å²) >= 11 is 0. The van der Waals surface area contributed by atoms with Gasteiger partial charge in [0.15, 0.2) is 0 Å². The lowest BCUT2D eigenvalue weighted by Crippen LogP contribution is -2.49. The van der Waals surface area contributed by atoms with Crippen molar-refractivity contribution in [3.63, 3.8) is 0 Å². The predicted octanol–water partition coefficient (Wildman–Crippen LogP) is 4.91. The fraction of sp³-hybridized carbons (Fsp3) is 0.273. The minimum Gasteiger partial charge on any atom is -0.344 e. The molecule has 2 unspecified atom stereocenters. The second-order valence-corrected chi connectivity index (χ2v) is 12.4. The number of carbonyl (C=O) groups is 2. The van der Waals surface area contributed by atoms with Gasteiger partial charge in [0.25, 0.3) is 0 Å². The molecular weight excluding hydrogens is 534 g/mol. The smallest absolute Gasteiger partial charge is 0.245 e. The van der Waals surface area contributed by atoms with Crippen LogP contribution in [0.3, 0.4) is 0 Å². The third-order valence-electron chi connectivity index (χ3n) is 7.53. The van der Waals surface area contributed by atoms with Crippen LogP contribution in [0.2, 0.25) is 0 Å². The first-order chi connectivity index (χ1) is 19.8. The Morgan fingerprint density at radius 2 is 1.49 bits per heavy atom. The van der Waals surface area contributed by atoms with Crippen LogP contribution in [0, 0.1) is 6.92 Å². The summed E-state index contributed by atoms with van der Waals surface area (Å²) in [5.74, 6) is -0.505. The Kier molecular flexibility index (Phi) is 8.81. The second kappa shape index (κ2) is 12.7. The summed E-state index contributed by atoms with van der Waals surface area (Å²) in [5, 5.41) is 4.69. The Balaban J connectivity index is 1.37. The molecule has 0 radical (unpaired) electrons. The number of likely N-dealkylation sites (tertiary alicyclic amines) is 1. The van der Waals surface area contributed by atoms with E-state index in [1.807, 2.05) is 73.7 Å². The van der Waals surface area contributed by atoms with E-state index in [-0.39, 0.29) is 17.2 Å². The van der Waals surface area contributed by atoms with Crippen molar-refractivity contribution < 1.29 is 18.0 Å². The molecule has 1 heterocycles. The molecule has 2 amide bonds. The van der Waals surface area contributed by atoms with E-state index in [1.54, 1.807) is 35.2 Å². The normalized spacial score (nSPS) is 15.0. The van der Waals surface area contributed by atoms with Gasteiger partial charge in [-0.25, -0.2) is 13.1 Å². The highest BCUT2D eigenvalue weighted by molar-refractivity contribution is 7.89. The van der Waals surface area contributed by atoms with Crippen LogP contribution in [-0.4, -0.2) is 44.3 Å². The highest BCUT2D eigenvalue weighted by Crippen LogP contribution is 2.24. The molecule has 5 rings (SSSR count). The van der Waals surface area contributed by atoms with Gasteiger partial charge in [-0.15, -0.1) is 0 Å². The van der Waals surface area contributed by atoms with Crippen LogP contribution in [-0.2, 0) is 26.0 Å². The molecular formula is C33H35N3O4S. The van der Waals surface area contributed by atoms with Gasteiger partial charge in [-0.1, -0.05) is 90.5 Å². The largest absolute Gasteiger partial charge is 0.344 e. The van der Waals surface area contributed by atoms with Gasteiger partial charge in [-0.3, -0.25) is 9.59 Å². The minimum atomic E-state index is -3.96. The average molecular weight is 570 g/mol. The van der Waals surface area contributed by atoms with Crippen LogP contribution in [0.15, 0.2) is 102 Å². The first kappa shape index (κ1) is 28.5. The number of nitrogens with zero attached hydrogens (tertiary/aromatic N) is 1. The maximum Gasteiger partial charge on any atom is 0.245 e. The van der Waals surface area contributed by atoms with Crippen LogP contribution in [0.25, 0.3) is 10.8 Å². The van der Waals surface area contributed by atoms with Crippen LogP contribution in [0.4, 0.5) is 0 Å². The van der Waals surface area contributed by atoms with E-state index >= 15 is 0 Å². The molecule has 212 valence electrons. The minimum absolute atomic E-state index is 0.107. The topological polar surface area (TPSA) is 95.6 Å². The van der Waals surface area contributed by atoms with Gasteiger partial charge in [0.05, 0.1) is 10.9 Å². The van der Waals surface area contributed by atoms with E-state index in [2.05, 4.69) is 10.0 Å². The zero-order chi connectivity index (χ0) is 28.8. The van der Waals surface area contributed by atoms with E-state index in [0.717, 1.165) is 34.7 Å². The molecule has 2 N–H and O–H groups in total. The molecule has 0 bridgehead atoms. The Hall–Kier alpha value is -4.01. The summed E-state index contributed by atoms with van der Waals surface area (Å²) in [7, 11) is -3.96. The van der Waals surface area contributed by atoms with Gasteiger partial charge in [0.2, 0.25) is 21.8 Å². The van der Waals surface area contributed by atoms with Crippen molar-refractivity contribution in [3.8, 4) is 0 Å². The van der Waals surface area contributed by atoms with E-state index < -0.39 is 28.0 Å². The fourth-order valence-electron chi connectivity index (χ4n) is 5.26. The van der Waals surface area contributed by atoms with Gasteiger partial charge in [0.1, 0.15) is 6.04 Å². The van der Waals surface area contributed by atoms with Crippen molar-refractivity contribution in [1.82, 2.24) is 14.9 Å². The summed E-state index contributed by atoms with van der Waals surface area (Å²) in [6.07, 6.45) is 2.10. The van der Waals surface area contributed by atoms with E-state index in [4.69, 9.17) is 0 Å². The highest BCUT2D eigenvalue weighted by Gasteiger charge is 2.30. The first-order valence-electron chi connectivity index (χ1n) is 14.0. The molecule has 1 aliphatic heterocycles. The fourth-order valence-corrected chi connectivity index (χ4v) is 6.52. The SMILES string of the molecule is Cc1ccc(CC(NC(=O)CC(NS(=O)(=O)c2ccc3ccccc3c2)c2ccccc2)C(=O)N2CCCC2)cc1. The quantitative estimate of drug-likeness (QED) is 0.284. The molecule has 41 heavy (non-hydrogen) atoms. The number of aryl methyl sites for hydroxylation is 1. The van der Waals surface area contributed by atoms with Gasteiger partial charge < -0.3 is 10.2 Å². The maximum atomic E-state index is 13.5. The molecule has 0 aliphatic carbocycles. The molecule has 4 aromatic carbocycles. The Morgan fingerprint density at radius 1 is 0.829 bits per heavy atom. The van der Waals surface area contributed by atoms with Crippen molar-refractivity contribution in [1.29, 1.82) is 0 Å². The lowest BCUT2D eigenvalue weighted by Gasteiger charge is -2.25. The zero-order valence-electron chi connectivity index (χ0n) is 23.1. The molecule has 4 aromatic rings. The van der Waals surface area contributed by atoms with Crippen molar-refractivity contribution in [3.05, 3.63) is 114 Å². The van der Waals surface area contributed by atoms with Crippen molar-refractivity contribution in [2.75, 3.05) is 13.1 Å². The summed E-state index contributed by atoms with van der Waals surface area (Å²) in [5.41, 5.74) is 2.72. The van der Waals surface area contributed by atoms with E-state index in [1.165, 1.54) is 0 Å². The molecule has 1 fully saturated rings. The third kappa shape index (κ3) is 7.20. The lowest BCUT2D eigenvalue weighted by molar-refractivity contribution is -0.135. The molecule has 0 spiro atoms. The summed E-state index contributed by atoms with van der Waals surface area (Å²) in [4.78, 5) is 28.8. The van der Waals surface area contributed by atoms with Crippen molar-refractivity contribution >= 4 is 32.6 Å². The van der Waals surface area contributed by atoms with E-state index in [0.29, 0.717) is 25.1 Å². The number of nitrogens with one attached hydrogen (secondary N) is 2. The standard InChI is InChI=1S/C33H35N3O4S/c1-24-13-15-25(16-14-24)21-31(33(38)36-19-7-8-20-36)34-32(37)23-30(27-10-3-2-4-11-27)35-41(39,40)29-18-17-26-9-5-6-12-28(26)22-29/h2-6,9-18,22,30-31,35H,7-8,19-21,23H2,1H3,(H,34,37).